The molecular weight excluding hydrogens is 318 g/mol. The number of amides is 1. The van der Waals surface area contributed by atoms with E-state index in [0.29, 0.717) is 5.69 Å². The predicted octanol–water partition coefficient (Wildman–Crippen LogP) is 3.29. The maximum Gasteiger partial charge on any atom is 0.273 e. The van der Waals surface area contributed by atoms with Crippen LogP contribution in [0.5, 0.6) is 0 Å². The third-order valence-electron chi connectivity index (χ3n) is 3.40. The fourth-order valence-electron chi connectivity index (χ4n) is 1.93. The van der Waals surface area contributed by atoms with Crippen molar-refractivity contribution >= 4 is 21.8 Å². The molecule has 0 aliphatic carbocycles. The molecule has 0 bridgehead atoms. The van der Waals surface area contributed by atoms with Crippen molar-refractivity contribution in [2.75, 3.05) is 0 Å². The van der Waals surface area contributed by atoms with E-state index in [1.165, 1.54) is 5.56 Å². The first-order valence-electron chi connectivity index (χ1n) is 6.46. The van der Waals surface area contributed by atoms with Crippen LogP contribution in [0, 0.1) is 13.8 Å². The highest BCUT2D eigenvalue weighted by Gasteiger charge is 2.19. The molecule has 2 rings (SSSR count). The number of aromatic nitrogens is 2. The minimum Gasteiger partial charge on any atom is -0.344 e. The Kier molecular flexibility index (Phi) is 4.28. The lowest BCUT2D eigenvalue weighted by molar-refractivity contribution is 0.0933. The van der Waals surface area contributed by atoms with Crippen molar-refractivity contribution in [3.05, 3.63) is 51.3 Å². The van der Waals surface area contributed by atoms with Gasteiger partial charge in [-0.25, -0.2) is 0 Å². The molecule has 0 saturated carbocycles. The van der Waals surface area contributed by atoms with E-state index in [1.54, 1.807) is 4.68 Å². The summed E-state index contributed by atoms with van der Waals surface area (Å²) in [5.41, 5.74) is 3.63. The molecule has 0 aliphatic rings. The highest BCUT2D eigenvalue weighted by molar-refractivity contribution is 9.10. The van der Waals surface area contributed by atoms with E-state index in [2.05, 4.69) is 26.3 Å². The summed E-state index contributed by atoms with van der Waals surface area (Å²) >= 11 is 3.41. The van der Waals surface area contributed by atoms with Crippen LogP contribution >= 0.6 is 15.9 Å². The molecule has 0 fully saturated rings. The fourth-order valence-corrected chi connectivity index (χ4v) is 2.45. The van der Waals surface area contributed by atoms with Crippen molar-refractivity contribution in [2.45, 2.75) is 26.8 Å². The average molecular weight is 336 g/mol. The van der Waals surface area contributed by atoms with Gasteiger partial charge in [0.05, 0.1) is 16.2 Å². The molecule has 106 valence electrons. The lowest BCUT2D eigenvalue weighted by Crippen LogP contribution is -2.27. The van der Waals surface area contributed by atoms with Gasteiger partial charge < -0.3 is 5.32 Å². The van der Waals surface area contributed by atoms with Gasteiger partial charge in [0, 0.05) is 7.05 Å². The van der Waals surface area contributed by atoms with Gasteiger partial charge in [0.2, 0.25) is 0 Å². The second kappa shape index (κ2) is 5.79. The van der Waals surface area contributed by atoms with E-state index < -0.39 is 0 Å². The Balaban J connectivity index is 2.15. The number of hydrogen-bond donors (Lipinski definition) is 1. The monoisotopic (exact) mass is 335 g/mol. The molecule has 1 unspecified atom stereocenters. The van der Waals surface area contributed by atoms with Crippen LogP contribution < -0.4 is 5.32 Å². The van der Waals surface area contributed by atoms with E-state index in [4.69, 9.17) is 0 Å². The van der Waals surface area contributed by atoms with Crippen molar-refractivity contribution in [2.24, 2.45) is 7.05 Å². The number of carbonyl (C=O) groups excluding carboxylic acids is 1. The maximum absolute atomic E-state index is 12.3. The lowest BCUT2D eigenvalue weighted by atomic mass is 10.1. The molecular formula is C15H18BrN3O. The highest BCUT2D eigenvalue weighted by Crippen LogP contribution is 2.21. The van der Waals surface area contributed by atoms with Gasteiger partial charge in [-0.05, 0) is 42.3 Å². The van der Waals surface area contributed by atoms with Gasteiger partial charge >= 0.3 is 0 Å². The number of hydrogen-bond acceptors (Lipinski definition) is 2. The average Bonchev–Trinajstić information content (AvgIpc) is 2.67. The Labute approximate surface area is 127 Å². The lowest BCUT2D eigenvalue weighted by Gasteiger charge is -2.13. The number of halogens is 1. The Hall–Kier alpha value is -1.62. The Bertz CT molecular complexity index is 631. The molecule has 2 aromatic rings. The highest BCUT2D eigenvalue weighted by atomic mass is 79.9. The van der Waals surface area contributed by atoms with Gasteiger partial charge in [-0.15, -0.1) is 0 Å². The van der Waals surface area contributed by atoms with Crippen LogP contribution in [0.1, 0.15) is 40.3 Å². The van der Waals surface area contributed by atoms with Crippen LogP contribution in [0.25, 0.3) is 0 Å². The van der Waals surface area contributed by atoms with E-state index in [-0.39, 0.29) is 11.9 Å². The topological polar surface area (TPSA) is 46.9 Å². The number of benzene rings is 1. The van der Waals surface area contributed by atoms with Crippen molar-refractivity contribution in [1.82, 2.24) is 15.1 Å². The summed E-state index contributed by atoms with van der Waals surface area (Å²) in [6, 6.07) is 8.08. The van der Waals surface area contributed by atoms with Crippen LogP contribution in [-0.2, 0) is 7.05 Å². The van der Waals surface area contributed by atoms with Gasteiger partial charge in [-0.1, -0.05) is 29.8 Å². The van der Waals surface area contributed by atoms with Gasteiger partial charge in [0.25, 0.3) is 5.91 Å². The van der Waals surface area contributed by atoms with Crippen LogP contribution in [0.15, 0.2) is 28.7 Å². The van der Waals surface area contributed by atoms with Crippen LogP contribution in [0.2, 0.25) is 0 Å². The summed E-state index contributed by atoms with van der Waals surface area (Å²) in [5, 5.41) is 7.20. The van der Waals surface area contributed by atoms with Crippen molar-refractivity contribution in [3.8, 4) is 0 Å². The molecule has 20 heavy (non-hydrogen) atoms. The Morgan fingerprint density at radius 2 is 1.90 bits per heavy atom. The summed E-state index contributed by atoms with van der Waals surface area (Å²) in [6.07, 6.45) is 0. The van der Waals surface area contributed by atoms with Crippen molar-refractivity contribution < 1.29 is 4.79 Å². The number of carbonyl (C=O) groups is 1. The molecule has 0 spiro atoms. The van der Waals surface area contributed by atoms with Crippen molar-refractivity contribution in [3.63, 3.8) is 0 Å². The van der Waals surface area contributed by atoms with Gasteiger partial charge in [0.1, 0.15) is 0 Å². The predicted molar refractivity (Wildman–Crippen MR) is 82.7 cm³/mol. The first-order chi connectivity index (χ1) is 9.40. The standard InChI is InChI=1S/C15H18BrN3O/c1-9-5-7-12(8-6-9)10(2)17-15(20)14-13(16)11(3)19(4)18-14/h5-8,10H,1-4H3,(H,17,20). The molecule has 0 saturated heterocycles. The summed E-state index contributed by atoms with van der Waals surface area (Å²) in [5.74, 6) is -0.173. The minimum absolute atomic E-state index is 0.0580. The third-order valence-corrected chi connectivity index (χ3v) is 4.35. The molecule has 1 aromatic carbocycles. The largest absolute Gasteiger partial charge is 0.344 e. The number of nitrogens with zero attached hydrogens (tertiary/aromatic N) is 2. The zero-order valence-corrected chi connectivity index (χ0v) is 13.7. The van der Waals surface area contributed by atoms with Crippen LogP contribution in [0.3, 0.4) is 0 Å². The molecule has 1 atom stereocenters. The Morgan fingerprint density at radius 3 is 2.40 bits per heavy atom. The second-order valence-electron chi connectivity index (χ2n) is 4.98. The van der Waals surface area contributed by atoms with E-state index >= 15 is 0 Å². The molecule has 5 heteroatoms. The normalized spacial score (nSPS) is 12.2. The summed E-state index contributed by atoms with van der Waals surface area (Å²) in [6.45, 7) is 5.92. The van der Waals surface area contributed by atoms with E-state index in [9.17, 15) is 4.79 Å². The summed E-state index contributed by atoms with van der Waals surface area (Å²) in [4.78, 5) is 12.3. The first kappa shape index (κ1) is 14.8. The molecule has 0 radical (unpaired) electrons. The van der Waals surface area contributed by atoms with Crippen molar-refractivity contribution in [1.29, 1.82) is 0 Å². The summed E-state index contributed by atoms with van der Waals surface area (Å²) < 4.78 is 2.43. The summed E-state index contributed by atoms with van der Waals surface area (Å²) in [7, 11) is 1.82. The van der Waals surface area contributed by atoms with Gasteiger partial charge in [-0.2, -0.15) is 5.10 Å². The van der Waals surface area contributed by atoms with Gasteiger partial charge in [-0.3, -0.25) is 9.48 Å². The minimum atomic E-state index is -0.173. The smallest absolute Gasteiger partial charge is 0.273 e. The van der Waals surface area contributed by atoms with Gasteiger partial charge in [0.15, 0.2) is 5.69 Å². The zero-order valence-electron chi connectivity index (χ0n) is 12.1. The molecule has 0 aliphatic heterocycles. The molecule has 1 aromatic heterocycles. The second-order valence-corrected chi connectivity index (χ2v) is 5.77. The van der Waals surface area contributed by atoms with Crippen LogP contribution in [0.4, 0.5) is 0 Å². The maximum atomic E-state index is 12.3. The quantitative estimate of drug-likeness (QED) is 0.935. The Morgan fingerprint density at radius 1 is 1.30 bits per heavy atom. The molecule has 1 amide bonds. The number of aryl methyl sites for hydroxylation is 2. The molecule has 4 nitrogen and oxygen atoms in total. The molecule has 1 N–H and O–H groups in total. The number of rotatable bonds is 3. The van der Waals surface area contributed by atoms with E-state index in [0.717, 1.165) is 15.7 Å². The fraction of sp³-hybridized carbons (Fsp3) is 0.333. The zero-order chi connectivity index (χ0) is 14.9. The van der Waals surface area contributed by atoms with Crippen LogP contribution in [-0.4, -0.2) is 15.7 Å². The first-order valence-corrected chi connectivity index (χ1v) is 7.26. The SMILES string of the molecule is Cc1ccc(C(C)NC(=O)c2nn(C)c(C)c2Br)cc1. The third kappa shape index (κ3) is 2.93. The van der Waals surface area contributed by atoms with E-state index in [1.807, 2.05) is 52.1 Å². The number of nitrogens with one attached hydrogen (secondary N) is 1. The molecule has 1 heterocycles.